The molecule has 2 aliphatic rings. The SMILES string of the molecule is Cc1ccc2c(c1)c1c(n2C[C@@H]2COC(C)(C)O2)C(=O)CCC1. The lowest BCUT2D eigenvalue weighted by atomic mass is 9.94. The number of ketones is 1. The first-order valence-corrected chi connectivity index (χ1v) is 8.41. The summed E-state index contributed by atoms with van der Waals surface area (Å²) in [6.07, 6.45) is 2.58. The van der Waals surface area contributed by atoms with Gasteiger partial charge in [0.2, 0.25) is 0 Å². The van der Waals surface area contributed by atoms with E-state index >= 15 is 0 Å². The number of carbonyl (C=O) groups is 1. The van der Waals surface area contributed by atoms with Crippen molar-refractivity contribution >= 4 is 16.7 Å². The van der Waals surface area contributed by atoms with Crippen molar-refractivity contribution in [1.29, 1.82) is 0 Å². The van der Waals surface area contributed by atoms with E-state index in [1.807, 2.05) is 13.8 Å². The second-order valence-electron chi connectivity index (χ2n) is 7.19. The lowest BCUT2D eigenvalue weighted by Crippen LogP contribution is -2.26. The molecule has 1 aromatic carbocycles. The van der Waals surface area contributed by atoms with Crippen LogP contribution < -0.4 is 0 Å². The van der Waals surface area contributed by atoms with Gasteiger partial charge in [-0.2, -0.15) is 0 Å². The Morgan fingerprint density at radius 1 is 1.30 bits per heavy atom. The molecule has 1 aliphatic carbocycles. The first-order chi connectivity index (χ1) is 10.9. The molecule has 0 spiro atoms. The molecule has 1 fully saturated rings. The maximum atomic E-state index is 12.6. The van der Waals surface area contributed by atoms with Crippen LogP contribution in [-0.4, -0.2) is 28.8 Å². The minimum atomic E-state index is -0.533. The number of fused-ring (bicyclic) bond motifs is 3. The van der Waals surface area contributed by atoms with Gasteiger partial charge in [-0.15, -0.1) is 0 Å². The van der Waals surface area contributed by atoms with Crippen LogP contribution >= 0.6 is 0 Å². The Hall–Kier alpha value is -1.65. The van der Waals surface area contributed by atoms with Crippen LogP contribution in [0.15, 0.2) is 18.2 Å². The third-order valence-electron chi connectivity index (χ3n) is 4.87. The molecule has 122 valence electrons. The molecule has 1 aromatic heterocycles. The minimum absolute atomic E-state index is 0.0132. The molecule has 4 heteroatoms. The van der Waals surface area contributed by atoms with Gasteiger partial charge >= 0.3 is 0 Å². The zero-order valence-corrected chi connectivity index (χ0v) is 14.0. The number of Topliss-reactive ketones (excluding diaryl/α,β-unsaturated/α-hetero) is 1. The van der Waals surface area contributed by atoms with E-state index in [0.717, 1.165) is 24.1 Å². The van der Waals surface area contributed by atoms with Crippen LogP contribution in [0.5, 0.6) is 0 Å². The second-order valence-corrected chi connectivity index (χ2v) is 7.19. The topological polar surface area (TPSA) is 40.5 Å². The van der Waals surface area contributed by atoms with Gasteiger partial charge in [-0.25, -0.2) is 0 Å². The highest BCUT2D eigenvalue weighted by Crippen LogP contribution is 2.34. The number of ether oxygens (including phenoxy) is 2. The third kappa shape index (κ3) is 2.50. The molecule has 2 heterocycles. The Morgan fingerprint density at radius 2 is 2.13 bits per heavy atom. The Kier molecular flexibility index (Phi) is 3.36. The van der Waals surface area contributed by atoms with Gasteiger partial charge in [0.1, 0.15) is 6.10 Å². The average molecular weight is 313 g/mol. The standard InChI is InChI=1S/C19H23NO3/c1-12-7-8-16-15(9-12)14-5-4-6-17(21)18(14)20(16)10-13-11-22-19(2,3)23-13/h7-9,13H,4-6,10-11H2,1-3H3/t13-/m1/s1. The zero-order valence-electron chi connectivity index (χ0n) is 14.0. The molecular formula is C19H23NO3. The van der Waals surface area contributed by atoms with Crippen molar-refractivity contribution in [2.75, 3.05) is 6.61 Å². The summed E-state index contributed by atoms with van der Waals surface area (Å²) in [6, 6.07) is 6.46. The monoisotopic (exact) mass is 313 g/mol. The van der Waals surface area contributed by atoms with Crippen molar-refractivity contribution in [2.45, 2.75) is 58.5 Å². The number of carbonyl (C=O) groups excluding carboxylic acids is 1. The minimum Gasteiger partial charge on any atom is -0.348 e. The summed E-state index contributed by atoms with van der Waals surface area (Å²) in [5.41, 5.74) is 4.49. The summed E-state index contributed by atoms with van der Waals surface area (Å²) in [4.78, 5) is 12.6. The molecule has 4 nitrogen and oxygen atoms in total. The highest BCUT2D eigenvalue weighted by molar-refractivity contribution is 6.04. The quantitative estimate of drug-likeness (QED) is 0.850. The molecule has 1 aliphatic heterocycles. The molecule has 0 amide bonds. The Labute approximate surface area is 136 Å². The Balaban J connectivity index is 1.82. The molecule has 1 atom stereocenters. The summed E-state index contributed by atoms with van der Waals surface area (Å²) < 4.78 is 13.8. The van der Waals surface area contributed by atoms with Crippen molar-refractivity contribution in [1.82, 2.24) is 4.57 Å². The van der Waals surface area contributed by atoms with Crippen molar-refractivity contribution in [3.05, 3.63) is 35.0 Å². The molecule has 0 saturated carbocycles. The number of benzene rings is 1. The molecule has 2 aromatic rings. The molecular weight excluding hydrogens is 290 g/mol. The summed E-state index contributed by atoms with van der Waals surface area (Å²) in [5.74, 6) is -0.271. The summed E-state index contributed by atoms with van der Waals surface area (Å²) in [6.45, 7) is 7.21. The predicted octanol–water partition coefficient (Wildman–Crippen LogP) is 3.62. The Bertz CT molecular complexity index is 787. The zero-order chi connectivity index (χ0) is 16.2. The van der Waals surface area contributed by atoms with Gasteiger partial charge in [-0.1, -0.05) is 11.6 Å². The van der Waals surface area contributed by atoms with E-state index in [9.17, 15) is 4.79 Å². The molecule has 0 unspecified atom stereocenters. The van der Waals surface area contributed by atoms with Crippen LogP contribution in [0.2, 0.25) is 0 Å². The van der Waals surface area contributed by atoms with Crippen molar-refractivity contribution in [3.8, 4) is 0 Å². The van der Waals surface area contributed by atoms with Crippen LogP contribution in [0.3, 0.4) is 0 Å². The third-order valence-corrected chi connectivity index (χ3v) is 4.87. The molecule has 0 N–H and O–H groups in total. The van der Waals surface area contributed by atoms with Crippen LogP contribution in [0.25, 0.3) is 10.9 Å². The van der Waals surface area contributed by atoms with Crippen LogP contribution in [0.1, 0.15) is 48.3 Å². The maximum absolute atomic E-state index is 12.6. The van der Waals surface area contributed by atoms with E-state index in [2.05, 4.69) is 29.7 Å². The van der Waals surface area contributed by atoms with Gasteiger partial charge in [0.25, 0.3) is 0 Å². The molecule has 4 rings (SSSR count). The fraction of sp³-hybridized carbons (Fsp3) is 0.526. The van der Waals surface area contributed by atoms with Gasteiger partial charge in [0.15, 0.2) is 11.6 Å². The van der Waals surface area contributed by atoms with Crippen LogP contribution in [0.4, 0.5) is 0 Å². The number of hydrogen-bond donors (Lipinski definition) is 0. The number of aryl methyl sites for hydroxylation is 2. The van der Waals surface area contributed by atoms with E-state index in [1.165, 1.54) is 16.5 Å². The predicted molar refractivity (Wildman–Crippen MR) is 88.8 cm³/mol. The van der Waals surface area contributed by atoms with Crippen LogP contribution in [-0.2, 0) is 22.4 Å². The summed E-state index contributed by atoms with van der Waals surface area (Å²) >= 11 is 0. The lowest BCUT2D eigenvalue weighted by molar-refractivity contribution is -0.139. The smallest absolute Gasteiger partial charge is 0.179 e. The first-order valence-electron chi connectivity index (χ1n) is 8.41. The van der Waals surface area contributed by atoms with E-state index < -0.39 is 5.79 Å². The molecule has 0 bridgehead atoms. The lowest BCUT2D eigenvalue weighted by Gasteiger charge is -2.19. The maximum Gasteiger partial charge on any atom is 0.179 e. The molecule has 23 heavy (non-hydrogen) atoms. The normalized spacial score (nSPS) is 23.4. The number of nitrogens with zero attached hydrogens (tertiary/aromatic N) is 1. The number of rotatable bonds is 2. The van der Waals surface area contributed by atoms with Crippen molar-refractivity contribution in [3.63, 3.8) is 0 Å². The largest absolute Gasteiger partial charge is 0.348 e. The fourth-order valence-electron chi connectivity index (χ4n) is 3.90. The number of aromatic nitrogens is 1. The van der Waals surface area contributed by atoms with Gasteiger partial charge in [-0.05, 0) is 51.3 Å². The van der Waals surface area contributed by atoms with Gasteiger partial charge in [0.05, 0.1) is 18.8 Å². The number of hydrogen-bond acceptors (Lipinski definition) is 3. The van der Waals surface area contributed by atoms with Crippen molar-refractivity contribution < 1.29 is 14.3 Å². The molecule has 1 saturated heterocycles. The second kappa shape index (κ2) is 5.18. The van der Waals surface area contributed by atoms with Crippen molar-refractivity contribution in [2.24, 2.45) is 0 Å². The van der Waals surface area contributed by atoms with Crippen LogP contribution in [0, 0.1) is 6.92 Å². The highest BCUT2D eigenvalue weighted by atomic mass is 16.7. The molecule has 0 radical (unpaired) electrons. The summed E-state index contributed by atoms with van der Waals surface area (Å²) in [5, 5.41) is 1.23. The van der Waals surface area contributed by atoms with E-state index in [0.29, 0.717) is 19.6 Å². The van der Waals surface area contributed by atoms with Gasteiger partial charge in [-0.3, -0.25) is 4.79 Å². The van der Waals surface area contributed by atoms with Gasteiger partial charge < -0.3 is 14.0 Å². The van der Waals surface area contributed by atoms with E-state index in [4.69, 9.17) is 9.47 Å². The van der Waals surface area contributed by atoms with Gasteiger partial charge in [0, 0.05) is 17.3 Å². The van der Waals surface area contributed by atoms with E-state index in [1.54, 1.807) is 0 Å². The highest BCUT2D eigenvalue weighted by Gasteiger charge is 2.34. The average Bonchev–Trinajstić information content (AvgIpc) is 2.99. The summed E-state index contributed by atoms with van der Waals surface area (Å²) in [7, 11) is 0. The first kappa shape index (κ1) is 14.9. The fourth-order valence-corrected chi connectivity index (χ4v) is 3.90. The Morgan fingerprint density at radius 3 is 2.87 bits per heavy atom. The van der Waals surface area contributed by atoms with E-state index in [-0.39, 0.29) is 11.9 Å².